The van der Waals surface area contributed by atoms with Crippen molar-refractivity contribution in [3.05, 3.63) is 70.9 Å². The van der Waals surface area contributed by atoms with Crippen molar-refractivity contribution in [3.63, 3.8) is 0 Å². The van der Waals surface area contributed by atoms with Gasteiger partial charge in [-0.25, -0.2) is 4.98 Å². The number of pyridine rings is 1. The molecule has 3 aromatic rings. The second-order valence-corrected chi connectivity index (χ2v) is 7.63. The Balaban J connectivity index is 1.37. The predicted octanol–water partition coefficient (Wildman–Crippen LogP) is 3.42. The second-order valence-electron chi connectivity index (χ2n) is 7.24. The Morgan fingerprint density at radius 2 is 1.77 bits per heavy atom. The van der Waals surface area contributed by atoms with Crippen LogP contribution >= 0.6 is 11.6 Å². The molecule has 1 aliphatic rings. The third-order valence-electron chi connectivity index (χ3n) is 5.31. The summed E-state index contributed by atoms with van der Waals surface area (Å²) < 4.78 is 5.22. The van der Waals surface area contributed by atoms with Crippen molar-refractivity contribution in [1.82, 2.24) is 14.8 Å². The van der Waals surface area contributed by atoms with Crippen molar-refractivity contribution < 1.29 is 14.3 Å². The standard InChI is InChI=1S/C23H22ClN3O3/c1-30-19-4-2-3-16(13-19)14-22(28)26-9-11-27(12-10-26)23(29)18-5-7-20-17(15-18)6-8-21(24)25-20/h2-8,13,15H,9-12,14H2,1H3. The molecule has 6 nitrogen and oxygen atoms in total. The molecule has 7 heteroatoms. The van der Waals surface area contributed by atoms with Crippen LogP contribution in [-0.2, 0) is 11.2 Å². The van der Waals surface area contributed by atoms with E-state index in [4.69, 9.17) is 16.3 Å². The number of hydrogen-bond donors (Lipinski definition) is 0. The van der Waals surface area contributed by atoms with Crippen LogP contribution in [0.3, 0.4) is 0 Å². The van der Waals surface area contributed by atoms with E-state index in [0.717, 1.165) is 22.2 Å². The molecule has 1 saturated heterocycles. The van der Waals surface area contributed by atoms with Gasteiger partial charge in [0.25, 0.3) is 5.91 Å². The van der Waals surface area contributed by atoms with Gasteiger partial charge >= 0.3 is 0 Å². The van der Waals surface area contributed by atoms with Crippen LogP contribution in [0.25, 0.3) is 10.9 Å². The van der Waals surface area contributed by atoms with Gasteiger partial charge in [0, 0.05) is 37.1 Å². The van der Waals surface area contributed by atoms with E-state index in [1.165, 1.54) is 0 Å². The Hall–Kier alpha value is -3.12. The fourth-order valence-corrected chi connectivity index (χ4v) is 3.80. The molecule has 0 radical (unpaired) electrons. The van der Waals surface area contributed by atoms with Crippen molar-refractivity contribution in [2.75, 3.05) is 33.3 Å². The first-order chi connectivity index (χ1) is 14.5. The molecule has 1 aromatic heterocycles. The number of nitrogens with zero attached hydrogens (tertiary/aromatic N) is 3. The minimum atomic E-state index is -0.0354. The van der Waals surface area contributed by atoms with Crippen molar-refractivity contribution in [2.45, 2.75) is 6.42 Å². The number of piperazine rings is 1. The first-order valence-corrected chi connectivity index (χ1v) is 10.2. The highest BCUT2D eigenvalue weighted by atomic mass is 35.5. The highest BCUT2D eigenvalue weighted by Crippen LogP contribution is 2.19. The van der Waals surface area contributed by atoms with Crippen LogP contribution in [-0.4, -0.2) is 59.9 Å². The predicted molar refractivity (Wildman–Crippen MR) is 116 cm³/mol. The fourth-order valence-electron chi connectivity index (χ4n) is 3.64. The van der Waals surface area contributed by atoms with Gasteiger partial charge in [-0.05, 0) is 48.0 Å². The number of ether oxygens (including phenoxy) is 1. The highest BCUT2D eigenvalue weighted by Gasteiger charge is 2.25. The van der Waals surface area contributed by atoms with Crippen LogP contribution in [0.2, 0.25) is 5.15 Å². The zero-order valence-corrected chi connectivity index (χ0v) is 17.4. The average molecular weight is 424 g/mol. The normalized spacial score (nSPS) is 14.1. The van der Waals surface area contributed by atoms with E-state index < -0.39 is 0 Å². The van der Waals surface area contributed by atoms with E-state index in [-0.39, 0.29) is 11.8 Å². The lowest BCUT2D eigenvalue weighted by molar-refractivity contribution is -0.131. The molecule has 4 rings (SSSR count). The molecule has 154 valence electrons. The lowest BCUT2D eigenvalue weighted by Crippen LogP contribution is -2.51. The zero-order chi connectivity index (χ0) is 21.1. The van der Waals surface area contributed by atoms with Gasteiger partial charge in [-0.2, -0.15) is 0 Å². The summed E-state index contributed by atoms with van der Waals surface area (Å²) in [5, 5.41) is 1.30. The third-order valence-corrected chi connectivity index (χ3v) is 5.52. The Bertz CT molecular complexity index is 1090. The van der Waals surface area contributed by atoms with Gasteiger partial charge in [0.2, 0.25) is 5.91 Å². The quantitative estimate of drug-likeness (QED) is 0.603. The molecule has 0 saturated carbocycles. The lowest BCUT2D eigenvalue weighted by Gasteiger charge is -2.35. The highest BCUT2D eigenvalue weighted by molar-refractivity contribution is 6.29. The molecule has 0 aliphatic carbocycles. The number of carbonyl (C=O) groups excluding carboxylic acids is 2. The maximum atomic E-state index is 12.9. The molecule has 0 bridgehead atoms. The van der Waals surface area contributed by atoms with Crippen LogP contribution in [0.5, 0.6) is 5.75 Å². The van der Waals surface area contributed by atoms with E-state index in [9.17, 15) is 9.59 Å². The van der Waals surface area contributed by atoms with Crippen molar-refractivity contribution >= 4 is 34.3 Å². The molecular weight excluding hydrogens is 402 g/mol. The summed E-state index contributed by atoms with van der Waals surface area (Å²) in [5.41, 5.74) is 2.29. The number of hydrogen-bond acceptors (Lipinski definition) is 4. The van der Waals surface area contributed by atoms with Crippen LogP contribution < -0.4 is 4.74 Å². The van der Waals surface area contributed by atoms with Crippen molar-refractivity contribution in [3.8, 4) is 5.75 Å². The number of benzene rings is 2. The Morgan fingerprint density at radius 1 is 1.00 bits per heavy atom. The van der Waals surface area contributed by atoms with Gasteiger partial charge in [-0.15, -0.1) is 0 Å². The number of carbonyl (C=O) groups is 2. The fraction of sp³-hybridized carbons (Fsp3) is 0.261. The lowest BCUT2D eigenvalue weighted by atomic mass is 10.1. The summed E-state index contributed by atoms with van der Waals surface area (Å²) in [6.45, 7) is 2.08. The number of rotatable bonds is 4. The summed E-state index contributed by atoms with van der Waals surface area (Å²) in [6, 6.07) is 16.5. The van der Waals surface area contributed by atoms with Crippen LogP contribution in [0.4, 0.5) is 0 Å². The molecular formula is C23H22ClN3O3. The topological polar surface area (TPSA) is 62.7 Å². The maximum Gasteiger partial charge on any atom is 0.253 e. The summed E-state index contributed by atoms with van der Waals surface area (Å²) in [5.74, 6) is 0.763. The Labute approximate surface area is 180 Å². The van der Waals surface area contributed by atoms with Crippen LogP contribution in [0.1, 0.15) is 15.9 Å². The minimum Gasteiger partial charge on any atom is -0.497 e. The molecule has 30 heavy (non-hydrogen) atoms. The maximum absolute atomic E-state index is 12.9. The van der Waals surface area contributed by atoms with E-state index >= 15 is 0 Å². The molecule has 1 fully saturated rings. The largest absolute Gasteiger partial charge is 0.497 e. The summed E-state index contributed by atoms with van der Waals surface area (Å²) >= 11 is 5.92. The van der Waals surface area contributed by atoms with E-state index in [1.54, 1.807) is 24.1 Å². The second kappa shape index (κ2) is 8.71. The molecule has 2 heterocycles. The number of amides is 2. The van der Waals surface area contributed by atoms with Gasteiger partial charge < -0.3 is 14.5 Å². The van der Waals surface area contributed by atoms with Gasteiger partial charge in [0.1, 0.15) is 10.9 Å². The molecule has 0 unspecified atom stereocenters. The number of halogens is 1. The molecule has 1 aliphatic heterocycles. The zero-order valence-electron chi connectivity index (χ0n) is 16.7. The molecule has 2 aromatic carbocycles. The average Bonchev–Trinajstić information content (AvgIpc) is 2.78. The van der Waals surface area contributed by atoms with E-state index in [0.29, 0.717) is 43.3 Å². The molecule has 2 amide bonds. The van der Waals surface area contributed by atoms with Crippen molar-refractivity contribution in [1.29, 1.82) is 0 Å². The number of fused-ring (bicyclic) bond motifs is 1. The molecule has 0 atom stereocenters. The summed E-state index contributed by atoms with van der Waals surface area (Å²) in [4.78, 5) is 33.4. The number of aromatic nitrogens is 1. The van der Waals surface area contributed by atoms with Crippen molar-refractivity contribution in [2.24, 2.45) is 0 Å². The minimum absolute atomic E-state index is 0.0354. The summed E-state index contributed by atoms with van der Waals surface area (Å²) in [7, 11) is 1.61. The summed E-state index contributed by atoms with van der Waals surface area (Å²) in [6.07, 6.45) is 0.325. The molecule has 0 spiro atoms. The SMILES string of the molecule is COc1cccc(CC(=O)N2CCN(C(=O)c3ccc4nc(Cl)ccc4c3)CC2)c1. The third kappa shape index (κ3) is 4.39. The van der Waals surface area contributed by atoms with E-state index in [2.05, 4.69) is 4.98 Å². The first-order valence-electron chi connectivity index (χ1n) is 9.80. The van der Waals surface area contributed by atoms with Gasteiger partial charge in [-0.1, -0.05) is 23.7 Å². The van der Waals surface area contributed by atoms with Crippen LogP contribution in [0.15, 0.2) is 54.6 Å². The van der Waals surface area contributed by atoms with Gasteiger partial charge in [0.05, 0.1) is 19.0 Å². The monoisotopic (exact) mass is 423 g/mol. The molecule has 0 N–H and O–H groups in total. The number of methoxy groups -OCH3 is 1. The smallest absolute Gasteiger partial charge is 0.253 e. The Morgan fingerprint density at radius 3 is 2.53 bits per heavy atom. The van der Waals surface area contributed by atoms with Gasteiger partial charge in [0.15, 0.2) is 0 Å². The van der Waals surface area contributed by atoms with Crippen LogP contribution in [0, 0.1) is 0 Å². The first kappa shape index (κ1) is 20.2. The van der Waals surface area contributed by atoms with Gasteiger partial charge in [-0.3, -0.25) is 9.59 Å². The Kier molecular flexibility index (Phi) is 5.86. The van der Waals surface area contributed by atoms with E-state index in [1.807, 2.05) is 47.4 Å².